The molecule has 0 rings (SSSR count). The second kappa shape index (κ2) is 7.25. The van der Waals surface area contributed by atoms with E-state index in [1.54, 1.807) is 7.11 Å². The molecule has 0 bridgehead atoms. The van der Waals surface area contributed by atoms with Crippen LogP contribution in [-0.2, 0) is 4.74 Å². The van der Waals surface area contributed by atoms with E-state index in [0.717, 1.165) is 13.2 Å². The minimum atomic E-state index is 0.169. The number of likely N-dealkylation sites (N-methyl/N-ethyl adjacent to an activating group) is 1. The zero-order valence-electron chi connectivity index (χ0n) is 12.1. The lowest BCUT2D eigenvalue weighted by atomic mass is 10.1. The van der Waals surface area contributed by atoms with Crippen LogP contribution >= 0.6 is 0 Å². The molecule has 0 spiro atoms. The number of methoxy groups -OCH3 is 1. The molecule has 2 atom stereocenters. The van der Waals surface area contributed by atoms with E-state index in [-0.39, 0.29) is 5.54 Å². The lowest BCUT2D eigenvalue weighted by Crippen LogP contribution is -2.50. The van der Waals surface area contributed by atoms with E-state index in [2.05, 4.69) is 51.9 Å². The molecule has 0 aliphatic heterocycles. The molecule has 0 radical (unpaired) electrons. The van der Waals surface area contributed by atoms with E-state index in [4.69, 9.17) is 4.74 Å². The van der Waals surface area contributed by atoms with Gasteiger partial charge in [0.1, 0.15) is 0 Å². The summed E-state index contributed by atoms with van der Waals surface area (Å²) in [5.74, 6) is 0. The summed E-state index contributed by atoms with van der Waals surface area (Å²) in [7, 11) is 3.96. The molecule has 3 nitrogen and oxygen atoms in total. The topological polar surface area (TPSA) is 24.5 Å². The van der Waals surface area contributed by atoms with Crippen LogP contribution in [0, 0.1) is 0 Å². The van der Waals surface area contributed by atoms with E-state index in [1.807, 2.05) is 0 Å². The Morgan fingerprint density at radius 2 is 1.88 bits per heavy atom. The summed E-state index contributed by atoms with van der Waals surface area (Å²) in [6.07, 6.45) is 1.17. The number of ether oxygens (including phenoxy) is 1. The van der Waals surface area contributed by atoms with Crippen LogP contribution in [0.2, 0.25) is 0 Å². The number of hydrogen-bond acceptors (Lipinski definition) is 3. The summed E-state index contributed by atoms with van der Waals surface area (Å²) < 4.78 is 5.30. The second-order valence-electron chi connectivity index (χ2n) is 5.66. The maximum Gasteiger partial charge on any atom is 0.0630 e. The molecule has 0 aromatic carbocycles. The van der Waals surface area contributed by atoms with Crippen LogP contribution in [0.1, 0.15) is 41.0 Å². The molecule has 0 heterocycles. The van der Waals surface area contributed by atoms with Crippen molar-refractivity contribution in [3.05, 3.63) is 0 Å². The van der Waals surface area contributed by atoms with Crippen molar-refractivity contribution in [2.24, 2.45) is 0 Å². The first-order valence-corrected chi connectivity index (χ1v) is 6.27. The third-order valence-corrected chi connectivity index (χ3v) is 3.09. The Morgan fingerprint density at radius 1 is 1.31 bits per heavy atom. The third-order valence-electron chi connectivity index (χ3n) is 3.09. The maximum atomic E-state index is 5.30. The quantitative estimate of drug-likeness (QED) is 0.725. The van der Waals surface area contributed by atoms with Gasteiger partial charge in [-0.15, -0.1) is 0 Å². The molecule has 0 saturated carbocycles. The molecule has 0 fully saturated rings. The van der Waals surface area contributed by atoms with Gasteiger partial charge in [-0.2, -0.15) is 0 Å². The minimum absolute atomic E-state index is 0.169. The first-order valence-electron chi connectivity index (χ1n) is 6.27. The smallest absolute Gasteiger partial charge is 0.0630 e. The second-order valence-corrected chi connectivity index (χ2v) is 5.66. The molecule has 0 aromatic rings. The van der Waals surface area contributed by atoms with Crippen molar-refractivity contribution in [3.8, 4) is 0 Å². The number of hydrogen-bond donors (Lipinski definition) is 1. The first kappa shape index (κ1) is 15.9. The zero-order chi connectivity index (χ0) is 12.8. The fourth-order valence-electron chi connectivity index (χ4n) is 1.58. The molecule has 0 amide bonds. The van der Waals surface area contributed by atoms with Crippen molar-refractivity contribution in [2.45, 2.75) is 58.7 Å². The highest BCUT2D eigenvalue weighted by Crippen LogP contribution is 2.08. The Kier molecular flexibility index (Phi) is 7.20. The van der Waals surface area contributed by atoms with Crippen molar-refractivity contribution in [1.82, 2.24) is 10.2 Å². The van der Waals surface area contributed by atoms with Crippen LogP contribution in [-0.4, -0.2) is 49.8 Å². The highest BCUT2D eigenvalue weighted by molar-refractivity contribution is 4.79. The van der Waals surface area contributed by atoms with Gasteiger partial charge in [-0.05, 0) is 41.2 Å². The summed E-state index contributed by atoms with van der Waals surface area (Å²) in [5, 5.41) is 3.54. The fraction of sp³-hybridized carbons (Fsp3) is 1.00. The Labute approximate surface area is 102 Å². The van der Waals surface area contributed by atoms with Gasteiger partial charge in [0.25, 0.3) is 0 Å². The van der Waals surface area contributed by atoms with Gasteiger partial charge in [-0.1, -0.05) is 6.92 Å². The largest absolute Gasteiger partial charge is 0.383 e. The molecule has 2 unspecified atom stereocenters. The Morgan fingerprint density at radius 3 is 2.25 bits per heavy atom. The van der Waals surface area contributed by atoms with Crippen molar-refractivity contribution < 1.29 is 4.74 Å². The predicted octanol–water partition coefficient (Wildman–Crippen LogP) is 2.12. The predicted molar refractivity (Wildman–Crippen MR) is 70.9 cm³/mol. The van der Waals surface area contributed by atoms with Crippen LogP contribution in [0.4, 0.5) is 0 Å². The molecular formula is C13H30N2O. The number of nitrogens with zero attached hydrogens (tertiary/aromatic N) is 1. The molecule has 0 aliphatic rings. The van der Waals surface area contributed by atoms with E-state index in [1.165, 1.54) is 6.42 Å². The Hall–Kier alpha value is -0.120. The number of rotatable bonds is 7. The zero-order valence-corrected chi connectivity index (χ0v) is 12.1. The third kappa shape index (κ3) is 6.46. The molecule has 98 valence electrons. The summed E-state index contributed by atoms with van der Waals surface area (Å²) in [5.41, 5.74) is 0.169. The molecule has 0 aromatic heterocycles. The minimum Gasteiger partial charge on any atom is -0.383 e. The van der Waals surface area contributed by atoms with E-state index in [0.29, 0.717) is 12.1 Å². The lowest BCUT2D eigenvalue weighted by Gasteiger charge is -2.34. The summed E-state index contributed by atoms with van der Waals surface area (Å²) in [4.78, 5) is 2.41. The Balaban J connectivity index is 4.25. The Bertz CT molecular complexity index is 177. The van der Waals surface area contributed by atoms with E-state index >= 15 is 0 Å². The van der Waals surface area contributed by atoms with Gasteiger partial charge >= 0.3 is 0 Å². The van der Waals surface area contributed by atoms with Gasteiger partial charge in [-0.3, -0.25) is 4.90 Å². The number of nitrogens with one attached hydrogen (secondary N) is 1. The van der Waals surface area contributed by atoms with Gasteiger partial charge in [0.05, 0.1) is 6.61 Å². The van der Waals surface area contributed by atoms with Gasteiger partial charge in [-0.25, -0.2) is 0 Å². The molecule has 1 N–H and O–H groups in total. The van der Waals surface area contributed by atoms with Crippen LogP contribution in [0.15, 0.2) is 0 Å². The van der Waals surface area contributed by atoms with Crippen molar-refractivity contribution in [1.29, 1.82) is 0 Å². The summed E-state index contributed by atoms with van der Waals surface area (Å²) in [6, 6.07) is 1.04. The van der Waals surface area contributed by atoms with Gasteiger partial charge in [0.2, 0.25) is 0 Å². The van der Waals surface area contributed by atoms with E-state index < -0.39 is 0 Å². The van der Waals surface area contributed by atoms with Gasteiger partial charge < -0.3 is 10.1 Å². The SMILES string of the molecule is CCC(C)N(C)C(CNC(C)(C)C)COC. The normalized spacial score (nSPS) is 16.5. The standard InChI is InChI=1S/C13H30N2O/c1-8-11(2)15(6)12(10-16-7)9-14-13(3,4)5/h11-12,14H,8-10H2,1-7H3. The first-order chi connectivity index (χ1) is 7.31. The van der Waals surface area contributed by atoms with Crippen LogP contribution in [0.5, 0.6) is 0 Å². The summed E-state index contributed by atoms with van der Waals surface area (Å²) in [6.45, 7) is 12.8. The van der Waals surface area contributed by atoms with Crippen molar-refractivity contribution >= 4 is 0 Å². The molecular weight excluding hydrogens is 200 g/mol. The van der Waals surface area contributed by atoms with E-state index in [9.17, 15) is 0 Å². The monoisotopic (exact) mass is 230 g/mol. The molecule has 3 heteroatoms. The highest BCUT2D eigenvalue weighted by atomic mass is 16.5. The van der Waals surface area contributed by atoms with Crippen molar-refractivity contribution in [3.63, 3.8) is 0 Å². The fourth-order valence-corrected chi connectivity index (χ4v) is 1.58. The average Bonchev–Trinajstić information content (AvgIpc) is 2.20. The van der Waals surface area contributed by atoms with Gasteiger partial charge in [0, 0.05) is 31.3 Å². The van der Waals surface area contributed by atoms with Crippen LogP contribution < -0.4 is 5.32 Å². The maximum absolute atomic E-state index is 5.30. The molecule has 0 saturated heterocycles. The molecule has 16 heavy (non-hydrogen) atoms. The highest BCUT2D eigenvalue weighted by Gasteiger charge is 2.20. The molecule has 0 aliphatic carbocycles. The van der Waals surface area contributed by atoms with Crippen LogP contribution in [0.3, 0.4) is 0 Å². The van der Waals surface area contributed by atoms with Crippen molar-refractivity contribution in [2.75, 3.05) is 27.3 Å². The van der Waals surface area contributed by atoms with Crippen LogP contribution in [0.25, 0.3) is 0 Å². The average molecular weight is 230 g/mol. The van der Waals surface area contributed by atoms with Gasteiger partial charge in [0.15, 0.2) is 0 Å². The lowest BCUT2D eigenvalue weighted by molar-refractivity contribution is 0.0790. The summed E-state index contributed by atoms with van der Waals surface area (Å²) >= 11 is 0.